The summed E-state index contributed by atoms with van der Waals surface area (Å²) in [5, 5.41) is 8.88. The van der Waals surface area contributed by atoms with Gasteiger partial charge in [0.05, 0.1) is 12.0 Å². The molecule has 1 aliphatic rings. The highest BCUT2D eigenvalue weighted by Gasteiger charge is 2.54. The Hall–Kier alpha value is -3.33. The standard InChI is InChI=1S/C28H37NO8/c1-18(2)25-28(4,5)37-27(35)29(25)26(34)22(17-20-11-7-6-8-12-20)24(36-19(3)31)23(33)15-14-21(32)13-9-10-16-30/h6-8,11-12,14-15,18,22,24-25,30H,9-10,13,16-17H2,1-5H3/t22-,24-,25-/m1/s1. The van der Waals surface area contributed by atoms with Crippen LogP contribution in [0.15, 0.2) is 42.5 Å². The van der Waals surface area contributed by atoms with Crippen molar-refractivity contribution in [2.45, 2.75) is 78.0 Å². The SMILES string of the molecule is CC(=O)O[C@@H](C(=O)C=CC(=O)CCCCO)[C@@H](Cc1ccccc1)C(=O)N1C(=O)OC(C)(C)[C@H]1C(C)C. The number of unbranched alkanes of at least 4 members (excludes halogenated alkanes) is 1. The quantitative estimate of drug-likeness (QED) is 0.241. The van der Waals surface area contributed by atoms with E-state index < -0.39 is 47.4 Å². The number of ketones is 2. The fourth-order valence-electron chi connectivity index (χ4n) is 4.74. The van der Waals surface area contributed by atoms with Gasteiger partial charge < -0.3 is 14.6 Å². The van der Waals surface area contributed by atoms with E-state index in [4.69, 9.17) is 14.6 Å². The van der Waals surface area contributed by atoms with Crippen molar-refractivity contribution >= 4 is 29.5 Å². The van der Waals surface area contributed by atoms with E-state index in [1.54, 1.807) is 44.2 Å². The number of carbonyl (C=O) groups excluding carboxylic acids is 5. The summed E-state index contributed by atoms with van der Waals surface area (Å²) in [5.41, 5.74) is -0.261. The Labute approximate surface area is 217 Å². The molecule has 1 aromatic rings. The lowest BCUT2D eigenvalue weighted by molar-refractivity contribution is -0.159. The van der Waals surface area contributed by atoms with Gasteiger partial charge in [-0.2, -0.15) is 0 Å². The number of hydrogen-bond acceptors (Lipinski definition) is 8. The molecule has 0 saturated carbocycles. The van der Waals surface area contributed by atoms with Crippen LogP contribution in [0, 0.1) is 11.8 Å². The molecule has 0 aliphatic carbocycles. The molecule has 0 radical (unpaired) electrons. The van der Waals surface area contributed by atoms with Crippen molar-refractivity contribution in [3.05, 3.63) is 48.0 Å². The lowest BCUT2D eigenvalue weighted by Crippen LogP contribution is -2.53. The summed E-state index contributed by atoms with van der Waals surface area (Å²) in [5.74, 6) is -3.94. The maximum Gasteiger partial charge on any atom is 0.417 e. The van der Waals surface area contributed by atoms with Crippen LogP contribution in [-0.2, 0) is 35.1 Å². The second kappa shape index (κ2) is 13.3. The number of carbonyl (C=O) groups is 5. The first-order chi connectivity index (χ1) is 17.4. The molecule has 2 amide bonds. The Kier molecular flexibility index (Phi) is 10.7. The molecule has 37 heavy (non-hydrogen) atoms. The van der Waals surface area contributed by atoms with Crippen molar-refractivity contribution in [1.82, 2.24) is 4.90 Å². The van der Waals surface area contributed by atoms with E-state index in [-0.39, 0.29) is 31.1 Å². The van der Waals surface area contributed by atoms with Crippen molar-refractivity contribution in [1.29, 1.82) is 0 Å². The first-order valence-corrected chi connectivity index (χ1v) is 12.5. The van der Waals surface area contributed by atoms with Gasteiger partial charge in [0.25, 0.3) is 0 Å². The normalized spacial score (nSPS) is 18.5. The van der Waals surface area contributed by atoms with Gasteiger partial charge in [-0.1, -0.05) is 44.2 Å². The molecule has 1 N–H and O–H groups in total. The van der Waals surface area contributed by atoms with Crippen molar-refractivity contribution < 1.29 is 38.6 Å². The smallest absolute Gasteiger partial charge is 0.417 e. The third kappa shape index (κ3) is 8.08. The molecular weight excluding hydrogens is 478 g/mol. The van der Waals surface area contributed by atoms with Gasteiger partial charge in [0.2, 0.25) is 5.91 Å². The van der Waals surface area contributed by atoms with Crippen LogP contribution < -0.4 is 0 Å². The fourth-order valence-corrected chi connectivity index (χ4v) is 4.74. The zero-order chi connectivity index (χ0) is 27.8. The number of aliphatic hydroxyl groups is 1. The second-order valence-corrected chi connectivity index (χ2v) is 10.1. The van der Waals surface area contributed by atoms with Gasteiger partial charge in [0.15, 0.2) is 17.7 Å². The van der Waals surface area contributed by atoms with Gasteiger partial charge in [0, 0.05) is 20.0 Å². The summed E-state index contributed by atoms with van der Waals surface area (Å²) >= 11 is 0. The van der Waals surface area contributed by atoms with Crippen molar-refractivity contribution in [3.8, 4) is 0 Å². The van der Waals surface area contributed by atoms with E-state index >= 15 is 0 Å². The van der Waals surface area contributed by atoms with Gasteiger partial charge in [-0.15, -0.1) is 0 Å². The zero-order valence-electron chi connectivity index (χ0n) is 22.1. The molecular formula is C28H37NO8. The first kappa shape index (κ1) is 29.9. The summed E-state index contributed by atoms with van der Waals surface area (Å²) in [6, 6.07) is 8.27. The van der Waals surface area contributed by atoms with E-state index in [2.05, 4.69) is 0 Å². The Morgan fingerprint density at radius 2 is 1.76 bits per heavy atom. The van der Waals surface area contributed by atoms with Crippen LogP contribution in [0.4, 0.5) is 4.79 Å². The summed E-state index contributed by atoms with van der Waals surface area (Å²) in [6.45, 7) is 8.24. The lowest BCUT2D eigenvalue weighted by atomic mass is 9.85. The minimum atomic E-state index is -1.56. The number of ether oxygens (including phenoxy) is 2. The van der Waals surface area contributed by atoms with Crippen molar-refractivity contribution in [3.63, 3.8) is 0 Å². The van der Waals surface area contributed by atoms with Gasteiger partial charge >= 0.3 is 12.1 Å². The number of imide groups is 1. The molecule has 1 aromatic carbocycles. The Balaban J connectivity index is 2.47. The lowest BCUT2D eigenvalue weighted by Gasteiger charge is -2.34. The van der Waals surface area contributed by atoms with Gasteiger partial charge in [-0.3, -0.25) is 19.2 Å². The van der Waals surface area contributed by atoms with E-state index in [0.29, 0.717) is 18.4 Å². The molecule has 202 valence electrons. The highest BCUT2D eigenvalue weighted by Crippen LogP contribution is 2.36. The average molecular weight is 516 g/mol. The van der Waals surface area contributed by atoms with Crippen molar-refractivity contribution in [2.75, 3.05) is 6.61 Å². The molecule has 0 spiro atoms. The molecule has 0 bridgehead atoms. The number of amides is 2. The monoisotopic (exact) mass is 515 g/mol. The molecule has 1 aliphatic heterocycles. The first-order valence-electron chi connectivity index (χ1n) is 12.5. The number of hydrogen-bond donors (Lipinski definition) is 1. The summed E-state index contributed by atoms with van der Waals surface area (Å²) in [6.07, 6.45) is 0.773. The third-order valence-corrected chi connectivity index (χ3v) is 6.23. The second-order valence-electron chi connectivity index (χ2n) is 10.1. The fraction of sp³-hybridized carbons (Fsp3) is 0.536. The maximum atomic E-state index is 14.0. The molecule has 0 aromatic heterocycles. The highest BCUT2D eigenvalue weighted by atomic mass is 16.6. The molecule has 9 heteroatoms. The van der Waals surface area contributed by atoms with E-state index in [1.807, 2.05) is 13.8 Å². The summed E-state index contributed by atoms with van der Waals surface area (Å²) in [7, 11) is 0. The van der Waals surface area contributed by atoms with Gasteiger partial charge in [0.1, 0.15) is 5.60 Å². The topological polar surface area (TPSA) is 127 Å². The zero-order valence-corrected chi connectivity index (χ0v) is 22.1. The van der Waals surface area contributed by atoms with Gasteiger partial charge in [-0.25, -0.2) is 9.69 Å². The number of rotatable bonds is 13. The van der Waals surface area contributed by atoms with Crippen LogP contribution in [0.1, 0.15) is 59.4 Å². The van der Waals surface area contributed by atoms with Crippen LogP contribution in [0.25, 0.3) is 0 Å². The summed E-state index contributed by atoms with van der Waals surface area (Å²) < 4.78 is 10.9. The number of cyclic esters (lactones) is 1. The predicted octanol–water partition coefficient (Wildman–Crippen LogP) is 3.42. The maximum absolute atomic E-state index is 14.0. The van der Waals surface area contributed by atoms with Crippen molar-refractivity contribution in [2.24, 2.45) is 11.8 Å². The molecule has 1 fully saturated rings. The Bertz CT molecular complexity index is 1010. The molecule has 1 heterocycles. The van der Waals surface area contributed by atoms with Crippen LogP contribution in [0.5, 0.6) is 0 Å². The minimum absolute atomic E-state index is 0.0106. The van der Waals surface area contributed by atoms with Crippen LogP contribution in [0.3, 0.4) is 0 Å². The largest absolute Gasteiger partial charge is 0.453 e. The van der Waals surface area contributed by atoms with Crippen LogP contribution in [-0.4, -0.2) is 63.9 Å². The average Bonchev–Trinajstić information content (AvgIpc) is 3.08. The number of benzene rings is 1. The third-order valence-electron chi connectivity index (χ3n) is 6.23. The number of esters is 1. The van der Waals surface area contributed by atoms with E-state index in [0.717, 1.165) is 24.0 Å². The highest BCUT2D eigenvalue weighted by molar-refractivity contribution is 6.05. The minimum Gasteiger partial charge on any atom is -0.453 e. The van der Waals surface area contributed by atoms with Crippen LogP contribution >= 0.6 is 0 Å². The summed E-state index contributed by atoms with van der Waals surface area (Å²) in [4.78, 5) is 65.3. The number of aliphatic hydroxyl groups excluding tert-OH is 1. The molecule has 3 atom stereocenters. The van der Waals surface area contributed by atoms with Crippen LogP contribution in [0.2, 0.25) is 0 Å². The van der Waals surface area contributed by atoms with Gasteiger partial charge in [-0.05, 0) is 56.7 Å². The number of nitrogens with zero attached hydrogens (tertiary/aromatic N) is 1. The predicted molar refractivity (Wildman–Crippen MR) is 135 cm³/mol. The Morgan fingerprint density at radius 3 is 2.32 bits per heavy atom. The molecule has 0 unspecified atom stereocenters. The number of allylic oxidation sites excluding steroid dienone is 1. The van der Waals surface area contributed by atoms with E-state index in [1.165, 1.54) is 0 Å². The van der Waals surface area contributed by atoms with E-state index in [9.17, 15) is 24.0 Å². The molecule has 2 rings (SSSR count). The molecule has 1 saturated heterocycles. The Morgan fingerprint density at radius 1 is 1.11 bits per heavy atom. The molecule has 9 nitrogen and oxygen atoms in total.